The lowest BCUT2D eigenvalue weighted by Gasteiger charge is -2.06. The van der Waals surface area contributed by atoms with E-state index < -0.39 is 5.97 Å². The Bertz CT molecular complexity index is 505. The van der Waals surface area contributed by atoms with Crippen molar-refractivity contribution in [3.05, 3.63) is 47.5 Å². The van der Waals surface area contributed by atoms with Crippen molar-refractivity contribution in [2.24, 2.45) is 0 Å². The highest BCUT2D eigenvalue weighted by atomic mass is 35.5. The van der Waals surface area contributed by atoms with Crippen LogP contribution in [0.25, 0.3) is 5.69 Å². The van der Waals surface area contributed by atoms with Crippen LogP contribution in [-0.4, -0.2) is 20.6 Å². The molecule has 82 valence electrons. The Hall–Kier alpha value is -1.81. The van der Waals surface area contributed by atoms with Crippen molar-refractivity contribution in [1.29, 1.82) is 0 Å². The molecule has 1 heterocycles. The Morgan fingerprint density at radius 1 is 1.38 bits per heavy atom. The highest BCUT2D eigenvalue weighted by molar-refractivity contribution is 6.30. The quantitative estimate of drug-likeness (QED) is 0.889. The average molecular weight is 237 g/mol. The smallest absolute Gasteiger partial charge is 0.309 e. The van der Waals surface area contributed by atoms with Gasteiger partial charge in [0.25, 0.3) is 0 Å². The minimum atomic E-state index is -0.879. The Morgan fingerprint density at radius 3 is 2.69 bits per heavy atom. The number of hydrogen-bond donors (Lipinski definition) is 1. The molecule has 0 aliphatic rings. The van der Waals surface area contributed by atoms with Gasteiger partial charge >= 0.3 is 5.97 Å². The van der Waals surface area contributed by atoms with Crippen LogP contribution in [0, 0.1) is 0 Å². The fourth-order valence-corrected chi connectivity index (χ4v) is 1.57. The summed E-state index contributed by atoms with van der Waals surface area (Å²) >= 11 is 5.78. The third-order valence-electron chi connectivity index (χ3n) is 2.15. The van der Waals surface area contributed by atoms with E-state index in [1.54, 1.807) is 29.2 Å². The van der Waals surface area contributed by atoms with E-state index in [1.165, 1.54) is 0 Å². The number of carboxylic acids is 1. The van der Waals surface area contributed by atoms with E-state index in [2.05, 4.69) is 4.98 Å². The fourth-order valence-electron chi connectivity index (χ4n) is 1.44. The molecule has 1 aromatic carbocycles. The summed E-state index contributed by atoms with van der Waals surface area (Å²) < 4.78 is 1.73. The highest BCUT2D eigenvalue weighted by Gasteiger charge is 2.07. The molecule has 2 rings (SSSR count). The summed E-state index contributed by atoms with van der Waals surface area (Å²) in [5, 5.41) is 9.38. The summed E-state index contributed by atoms with van der Waals surface area (Å²) in [6.45, 7) is 0. The molecule has 0 aliphatic carbocycles. The topological polar surface area (TPSA) is 55.1 Å². The predicted octanol–water partition coefficient (Wildman–Crippen LogP) is 2.15. The van der Waals surface area contributed by atoms with E-state index >= 15 is 0 Å². The number of hydrogen-bond acceptors (Lipinski definition) is 2. The molecular weight excluding hydrogens is 228 g/mol. The van der Waals surface area contributed by atoms with E-state index in [9.17, 15) is 4.79 Å². The molecule has 0 fully saturated rings. The minimum Gasteiger partial charge on any atom is -0.481 e. The van der Waals surface area contributed by atoms with Crippen molar-refractivity contribution >= 4 is 17.6 Å². The number of rotatable bonds is 3. The van der Waals surface area contributed by atoms with E-state index in [4.69, 9.17) is 16.7 Å². The van der Waals surface area contributed by atoms with Crippen LogP contribution < -0.4 is 0 Å². The van der Waals surface area contributed by atoms with Gasteiger partial charge in [-0.05, 0) is 24.3 Å². The number of carboxylic acid groups (broad SMARTS) is 1. The Kier molecular flexibility index (Phi) is 2.92. The highest BCUT2D eigenvalue weighted by Crippen LogP contribution is 2.15. The molecule has 4 nitrogen and oxygen atoms in total. The molecule has 0 saturated heterocycles. The Balaban J connectivity index is 2.36. The van der Waals surface area contributed by atoms with Crippen LogP contribution in [0.4, 0.5) is 0 Å². The first-order chi connectivity index (χ1) is 7.66. The monoisotopic (exact) mass is 236 g/mol. The minimum absolute atomic E-state index is 0.0529. The molecule has 0 aliphatic heterocycles. The van der Waals surface area contributed by atoms with Crippen molar-refractivity contribution in [1.82, 2.24) is 9.55 Å². The molecule has 5 heteroatoms. The maximum absolute atomic E-state index is 10.6. The molecule has 0 radical (unpaired) electrons. The van der Waals surface area contributed by atoms with Crippen LogP contribution in [-0.2, 0) is 11.2 Å². The van der Waals surface area contributed by atoms with Crippen LogP contribution in [0.3, 0.4) is 0 Å². The number of carbonyl (C=O) groups is 1. The first kappa shape index (κ1) is 10.7. The standard InChI is InChI=1S/C11H9ClN2O2/c12-8-1-3-9(4-2-8)14-7-13-6-10(14)5-11(15)16/h1-4,6-7H,5H2,(H,15,16). The largest absolute Gasteiger partial charge is 0.481 e. The summed E-state index contributed by atoms with van der Waals surface area (Å²) in [7, 11) is 0. The molecule has 0 amide bonds. The molecular formula is C11H9ClN2O2. The lowest BCUT2D eigenvalue weighted by molar-refractivity contribution is -0.136. The Morgan fingerprint density at radius 2 is 2.06 bits per heavy atom. The first-order valence-electron chi connectivity index (χ1n) is 4.66. The zero-order valence-corrected chi connectivity index (χ0v) is 9.05. The number of aromatic nitrogens is 2. The van der Waals surface area contributed by atoms with Crippen molar-refractivity contribution in [3.63, 3.8) is 0 Å². The van der Waals surface area contributed by atoms with Crippen LogP contribution >= 0.6 is 11.6 Å². The molecule has 0 unspecified atom stereocenters. The van der Waals surface area contributed by atoms with E-state index in [0.717, 1.165) is 5.69 Å². The van der Waals surface area contributed by atoms with Gasteiger partial charge in [-0.25, -0.2) is 4.98 Å². The number of aliphatic carboxylic acids is 1. The summed E-state index contributed by atoms with van der Waals surface area (Å²) in [4.78, 5) is 14.6. The second-order valence-corrected chi connectivity index (χ2v) is 3.74. The SMILES string of the molecule is O=C(O)Cc1cncn1-c1ccc(Cl)cc1. The molecule has 1 aromatic heterocycles. The molecule has 2 aromatic rings. The molecule has 1 N–H and O–H groups in total. The maximum atomic E-state index is 10.6. The lowest BCUT2D eigenvalue weighted by Crippen LogP contribution is -2.05. The average Bonchev–Trinajstić information content (AvgIpc) is 2.66. The van der Waals surface area contributed by atoms with Gasteiger partial charge in [-0.2, -0.15) is 0 Å². The van der Waals surface area contributed by atoms with Crippen molar-refractivity contribution in [2.75, 3.05) is 0 Å². The lowest BCUT2D eigenvalue weighted by atomic mass is 10.3. The number of halogens is 1. The second kappa shape index (κ2) is 4.37. The molecule has 16 heavy (non-hydrogen) atoms. The van der Waals surface area contributed by atoms with Gasteiger partial charge in [0.05, 0.1) is 18.4 Å². The van der Waals surface area contributed by atoms with Gasteiger partial charge in [-0.1, -0.05) is 11.6 Å². The van der Waals surface area contributed by atoms with Crippen molar-refractivity contribution in [3.8, 4) is 5.69 Å². The second-order valence-electron chi connectivity index (χ2n) is 3.30. The summed E-state index contributed by atoms with van der Waals surface area (Å²) in [5.74, 6) is -0.879. The van der Waals surface area contributed by atoms with E-state index in [-0.39, 0.29) is 6.42 Å². The van der Waals surface area contributed by atoms with E-state index in [0.29, 0.717) is 10.7 Å². The van der Waals surface area contributed by atoms with Crippen molar-refractivity contribution in [2.45, 2.75) is 6.42 Å². The van der Waals surface area contributed by atoms with Crippen LogP contribution in [0.2, 0.25) is 5.02 Å². The molecule has 0 saturated carbocycles. The molecule has 0 bridgehead atoms. The number of benzene rings is 1. The molecule has 0 atom stereocenters. The zero-order valence-electron chi connectivity index (χ0n) is 8.30. The number of nitrogens with zero attached hydrogens (tertiary/aromatic N) is 2. The van der Waals surface area contributed by atoms with Gasteiger partial charge < -0.3 is 9.67 Å². The third kappa shape index (κ3) is 2.23. The van der Waals surface area contributed by atoms with Gasteiger partial charge in [0.15, 0.2) is 0 Å². The van der Waals surface area contributed by atoms with Gasteiger partial charge in [0.1, 0.15) is 0 Å². The maximum Gasteiger partial charge on any atom is 0.309 e. The predicted molar refractivity (Wildman–Crippen MR) is 59.9 cm³/mol. The summed E-state index contributed by atoms with van der Waals surface area (Å²) in [5.41, 5.74) is 1.48. The molecule has 0 spiro atoms. The van der Waals surface area contributed by atoms with Crippen LogP contribution in [0.5, 0.6) is 0 Å². The van der Waals surface area contributed by atoms with E-state index in [1.807, 2.05) is 12.1 Å². The zero-order chi connectivity index (χ0) is 11.5. The first-order valence-corrected chi connectivity index (χ1v) is 5.03. The normalized spacial score (nSPS) is 10.3. The van der Waals surface area contributed by atoms with Crippen molar-refractivity contribution < 1.29 is 9.90 Å². The number of imidazole rings is 1. The Labute approximate surface area is 97.1 Å². The summed E-state index contributed by atoms with van der Waals surface area (Å²) in [6.07, 6.45) is 3.08. The van der Waals surface area contributed by atoms with Gasteiger partial charge in [-0.3, -0.25) is 4.79 Å². The van der Waals surface area contributed by atoms with Gasteiger partial charge in [0.2, 0.25) is 0 Å². The summed E-state index contributed by atoms with van der Waals surface area (Å²) in [6, 6.07) is 7.13. The fraction of sp³-hybridized carbons (Fsp3) is 0.0909. The third-order valence-corrected chi connectivity index (χ3v) is 2.40. The van der Waals surface area contributed by atoms with Crippen LogP contribution in [0.1, 0.15) is 5.69 Å². The van der Waals surface area contributed by atoms with Gasteiger partial charge in [0, 0.05) is 16.9 Å². The van der Waals surface area contributed by atoms with Gasteiger partial charge in [-0.15, -0.1) is 0 Å². The van der Waals surface area contributed by atoms with Crippen LogP contribution in [0.15, 0.2) is 36.8 Å².